The number of hydrogen-bond donors (Lipinski definition) is 5. The lowest BCUT2D eigenvalue weighted by Gasteiger charge is -2.19. The van der Waals surface area contributed by atoms with Crippen LogP contribution in [-0.4, -0.2) is 50.1 Å². The number of nitrogens with two attached hydrogens (primary N) is 1. The first-order chi connectivity index (χ1) is 13.4. The molecule has 1 aliphatic carbocycles. The Kier molecular flexibility index (Phi) is 6.01. The second kappa shape index (κ2) is 8.45. The number of nitrogens with one attached hydrogen (secondary N) is 1. The van der Waals surface area contributed by atoms with Crippen molar-refractivity contribution >= 4 is 34.7 Å². The molecule has 0 saturated heterocycles. The van der Waals surface area contributed by atoms with Crippen LogP contribution >= 0.6 is 11.6 Å². The van der Waals surface area contributed by atoms with Crippen molar-refractivity contribution in [2.24, 2.45) is 16.1 Å². The van der Waals surface area contributed by atoms with Crippen LogP contribution in [0.5, 0.6) is 0 Å². The van der Waals surface area contributed by atoms with Crippen molar-refractivity contribution in [1.82, 2.24) is 9.97 Å². The molecule has 1 heterocycles. The van der Waals surface area contributed by atoms with Crippen molar-refractivity contribution in [3.05, 3.63) is 35.0 Å². The first-order valence-electron chi connectivity index (χ1n) is 8.41. The van der Waals surface area contributed by atoms with Crippen molar-refractivity contribution < 1.29 is 15.3 Å². The maximum atomic E-state index is 10.2. The molecule has 0 aliphatic heterocycles. The molecule has 1 fully saturated rings. The number of nitriles is 1. The van der Waals surface area contributed by atoms with Gasteiger partial charge in [0.05, 0.1) is 29.5 Å². The van der Waals surface area contributed by atoms with Gasteiger partial charge in [-0.05, 0) is 30.7 Å². The number of aliphatic hydroxyl groups excluding tert-OH is 3. The lowest BCUT2D eigenvalue weighted by molar-refractivity contribution is 0.00446. The molecule has 1 saturated carbocycles. The Bertz CT molecular complexity index is 916. The maximum absolute atomic E-state index is 10.2. The van der Waals surface area contributed by atoms with E-state index >= 15 is 0 Å². The highest BCUT2D eigenvalue weighted by Crippen LogP contribution is 2.36. The summed E-state index contributed by atoms with van der Waals surface area (Å²) in [6.07, 6.45) is -1.87. The van der Waals surface area contributed by atoms with Gasteiger partial charge >= 0.3 is 0 Å². The molecule has 146 valence electrons. The zero-order valence-corrected chi connectivity index (χ0v) is 15.3. The molecule has 4 atom stereocenters. The summed E-state index contributed by atoms with van der Waals surface area (Å²) in [5.41, 5.74) is 6.73. The molecule has 1 aliphatic rings. The molecule has 11 heteroatoms. The van der Waals surface area contributed by atoms with Gasteiger partial charge in [-0.1, -0.05) is 11.6 Å². The SMILES string of the molecule is N#Cc1ccc(N=Nc2c(Cl)nc(N)nc2N[C@@H]2C[C@H](CO)[C@@H](O)[C@H]2O)cc1. The van der Waals surface area contributed by atoms with Crippen molar-refractivity contribution in [2.45, 2.75) is 24.7 Å². The van der Waals surface area contributed by atoms with Gasteiger partial charge in [0.2, 0.25) is 5.95 Å². The third-order valence-corrected chi connectivity index (χ3v) is 4.74. The zero-order valence-electron chi connectivity index (χ0n) is 14.6. The number of nitrogens with zero attached hydrogens (tertiary/aromatic N) is 5. The summed E-state index contributed by atoms with van der Waals surface area (Å²) in [6, 6.07) is 7.84. The van der Waals surface area contributed by atoms with E-state index in [4.69, 9.17) is 22.6 Å². The van der Waals surface area contributed by atoms with Crippen molar-refractivity contribution in [2.75, 3.05) is 17.7 Å². The third-order valence-electron chi connectivity index (χ3n) is 4.48. The summed E-state index contributed by atoms with van der Waals surface area (Å²) in [6.45, 7) is -0.256. The molecule has 3 rings (SSSR count). The summed E-state index contributed by atoms with van der Waals surface area (Å²) in [5.74, 6) is -0.424. The van der Waals surface area contributed by atoms with E-state index in [1.165, 1.54) is 0 Å². The van der Waals surface area contributed by atoms with Crippen molar-refractivity contribution in [3.63, 3.8) is 0 Å². The molecule has 1 aromatic carbocycles. The Morgan fingerprint density at radius 3 is 2.54 bits per heavy atom. The number of aliphatic hydroxyl groups is 3. The minimum atomic E-state index is -1.12. The molecule has 6 N–H and O–H groups in total. The first kappa shape index (κ1) is 19.9. The standard InChI is InChI=1S/C17H18ClN7O3/c18-15-12(25-24-10-3-1-8(6-19)2-4-10)16(23-17(20)22-15)21-11-5-9(7-26)13(27)14(11)28/h1-4,9,11,13-14,26-28H,5,7H2,(H3,20,21,22,23)/t9-,11-,13-,14+/m1/s1. The smallest absolute Gasteiger partial charge is 0.223 e. The number of aromatic nitrogens is 2. The highest BCUT2D eigenvalue weighted by molar-refractivity contribution is 6.32. The number of benzene rings is 1. The average Bonchev–Trinajstić information content (AvgIpc) is 2.95. The number of nitrogen functional groups attached to an aromatic ring is 1. The van der Waals surface area contributed by atoms with Gasteiger partial charge in [-0.3, -0.25) is 0 Å². The first-order valence-corrected chi connectivity index (χ1v) is 8.79. The Morgan fingerprint density at radius 2 is 1.93 bits per heavy atom. The van der Waals surface area contributed by atoms with E-state index < -0.39 is 24.2 Å². The predicted molar refractivity (Wildman–Crippen MR) is 101 cm³/mol. The van der Waals surface area contributed by atoms with Gasteiger partial charge in [0, 0.05) is 12.5 Å². The normalized spacial score (nSPS) is 24.4. The molecule has 28 heavy (non-hydrogen) atoms. The third kappa shape index (κ3) is 4.18. The summed E-state index contributed by atoms with van der Waals surface area (Å²) < 4.78 is 0. The van der Waals surface area contributed by atoms with Crippen LogP contribution < -0.4 is 11.1 Å². The number of anilines is 2. The van der Waals surface area contributed by atoms with Crippen LogP contribution in [0.4, 0.5) is 23.1 Å². The maximum Gasteiger partial charge on any atom is 0.223 e. The fourth-order valence-electron chi connectivity index (χ4n) is 2.97. The number of hydrogen-bond acceptors (Lipinski definition) is 10. The van der Waals surface area contributed by atoms with Crippen LogP contribution in [0.1, 0.15) is 12.0 Å². The molecule has 0 radical (unpaired) electrons. The van der Waals surface area contributed by atoms with E-state index in [-0.39, 0.29) is 29.2 Å². The second-order valence-corrected chi connectivity index (χ2v) is 6.70. The molecular formula is C17H18ClN7O3. The fraction of sp³-hybridized carbons (Fsp3) is 0.353. The molecule has 0 bridgehead atoms. The number of halogens is 1. The molecule has 0 amide bonds. The minimum absolute atomic E-state index is 0.0425. The largest absolute Gasteiger partial charge is 0.396 e. The highest BCUT2D eigenvalue weighted by Gasteiger charge is 2.41. The highest BCUT2D eigenvalue weighted by atomic mass is 35.5. The van der Waals surface area contributed by atoms with Crippen LogP contribution in [-0.2, 0) is 0 Å². The van der Waals surface area contributed by atoms with E-state index in [9.17, 15) is 15.3 Å². The van der Waals surface area contributed by atoms with Gasteiger partial charge in [0.25, 0.3) is 0 Å². The summed E-state index contributed by atoms with van der Waals surface area (Å²) in [4.78, 5) is 7.92. The van der Waals surface area contributed by atoms with Crippen LogP contribution in [0.25, 0.3) is 0 Å². The quantitative estimate of drug-likeness (QED) is 0.369. The van der Waals surface area contributed by atoms with Crippen molar-refractivity contribution in [3.8, 4) is 6.07 Å². The Labute approximate surface area is 165 Å². The van der Waals surface area contributed by atoms with Gasteiger partial charge in [0.1, 0.15) is 6.10 Å². The molecule has 0 spiro atoms. The monoisotopic (exact) mass is 403 g/mol. The van der Waals surface area contributed by atoms with E-state index in [2.05, 4.69) is 25.5 Å². The number of azo groups is 1. The second-order valence-electron chi connectivity index (χ2n) is 6.34. The summed E-state index contributed by atoms with van der Waals surface area (Å²) >= 11 is 6.14. The molecular weight excluding hydrogens is 386 g/mol. The fourth-order valence-corrected chi connectivity index (χ4v) is 3.18. The molecule has 2 aromatic rings. The van der Waals surface area contributed by atoms with Gasteiger partial charge in [-0.2, -0.15) is 20.3 Å². The number of rotatable bonds is 5. The summed E-state index contributed by atoms with van der Waals surface area (Å²) in [7, 11) is 0. The summed E-state index contributed by atoms with van der Waals surface area (Å²) in [5, 5.41) is 49.4. The van der Waals surface area contributed by atoms with Gasteiger partial charge in [-0.25, -0.2) is 0 Å². The lowest BCUT2D eigenvalue weighted by Crippen LogP contribution is -2.35. The Balaban J connectivity index is 1.87. The Morgan fingerprint density at radius 1 is 1.21 bits per heavy atom. The molecule has 10 nitrogen and oxygen atoms in total. The lowest BCUT2D eigenvalue weighted by atomic mass is 10.1. The van der Waals surface area contributed by atoms with E-state index in [0.29, 0.717) is 17.7 Å². The van der Waals surface area contributed by atoms with Crippen LogP contribution in [0.2, 0.25) is 5.15 Å². The average molecular weight is 404 g/mol. The van der Waals surface area contributed by atoms with Gasteiger partial charge in [0.15, 0.2) is 16.7 Å². The van der Waals surface area contributed by atoms with Gasteiger partial charge < -0.3 is 26.4 Å². The van der Waals surface area contributed by atoms with E-state index in [1.807, 2.05) is 6.07 Å². The van der Waals surface area contributed by atoms with Crippen LogP contribution in [0, 0.1) is 17.2 Å². The van der Waals surface area contributed by atoms with E-state index in [1.54, 1.807) is 24.3 Å². The van der Waals surface area contributed by atoms with Crippen molar-refractivity contribution in [1.29, 1.82) is 5.26 Å². The van der Waals surface area contributed by atoms with Crippen LogP contribution in [0.15, 0.2) is 34.5 Å². The zero-order chi connectivity index (χ0) is 20.3. The topological polar surface area (TPSA) is 173 Å². The van der Waals surface area contributed by atoms with Crippen LogP contribution in [0.3, 0.4) is 0 Å². The predicted octanol–water partition coefficient (Wildman–Crippen LogP) is 1.51. The van der Waals surface area contributed by atoms with Gasteiger partial charge in [-0.15, -0.1) is 5.11 Å². The molecule has 0 unspecified atom stereocenters. The Hall–Kier alpha value is -2.84. The minimum Gasteiger partial charge on any atom is -0.396 e. The van der Waals surface area contributed by atoms with E-state index in [0.717, 1.165) is 0 Å². The molecule has 1 aromatic heterocycles.